The fourth-order valence-corrected chi connectivity index (χ4v) is 3.67. The summed E-state index contributed by atoms with van der Waals surface area (Å²) in [6.07, 6.45) is 5.94. The van der Waals surface area contributed by atoms with Gasteiger partial charge in [-0.3, -0.25) is 4.90 Å². The van der Waals surface area contributed by atoms with Crippen molar-refractivity contribution in [1.82, 2.24) is 4.90 Å². The van der Waals surface area contributed by atoms with Gasteiger partial charge in [-0.25, -0.2) is 0 Å². The van der Waals surface area contributed by atoms with Gasteiger partial charge >= 0.3 is 0 Å². The first-order chi connectivity index (χ1) is 9.25. The monoisotopic (exact) mass is 259 g/mol. The van der Waals surface area contributed by atoms with E-state index >= 15 is 0 Å². The normalized spacial score (nSPS) is 34.5. The molecule has 3 aliphatic rings. The summed E-state index contributed by atoms with van der Waals surface area (Å²) < 4.78 is 5.86. The Balaban J connectivity index is 1.63. The summed E-state index contributed by atoms with van der Waals surface area (Å²) in [6, 6.07) is 8.44. The maximum Gasteiger partial charge on any atom is 0.120 e. The molecule has 3 heteroatoms. The van der Waals surface area contributed by atoms with E-state index in [4.69, 9.17) is 4.74 Å². The fourth-order valence-electron chi connectivity index (χ4n) is 3.67. The minimum atomic E-state index is -0.667. The van der Waals surface area contributed by atoms with Crippen LogP contribution in [0.5, 0.6) is 5.75 Å². The lowest BCUT2D eigenvalue weighted by Gasteiger charge is -2.30. The average Bonchev–Trinajstić information content (AvgIpc) is 3.00. The SMILES string of the molecule is OC1(c2cccc(OC3CC3)c2)CCN2CCCC21. The molecule has 102 valence electrons. The van der Waals surface area contributed by atoms with Crippen molar-refractivity contribution >= 4 is 0 Å². The maximum atomic E-state index is 11.1. The highest BCUT2D eigenvalue weighted by molar-refractivity contribution is 5.35. The van der Waals surface area contributed by atoms with Gasteiger partial charge in [0.1, 0.15) is 11.4 Å². The Labute approximate surface area is 114 Å². The van der Waals surface area contributed by atoms with E-state index in [-0.39, 0.29) is 0 Å². The lowest BCUT2D eigenvalue weighted by Crippen LogP contribution is -2.38. The molecule has 2 saturated heterocycles. The highest BCUT2D eigenvalue weighted by Gasteiger charge is 2.49. The van der Waals surface area contributed by atoms with Crippen LogP contribution in [0.1, 0.15) is 37.7 Å². The summed E-state index contributed by atoms with van der Waals surface area (Å²) in [5.41, 5.74) is 0.374. The molecule has 0 bridgehead atoms. The topological polar surface area (TPSA) is 32.7 Å². The molecule has 1 aromatic carbocycles. The van der Waals surface area contributed by atoms with Gasteiger partial charge in [0, 0.05) is 12.6 Å². The Kier molecular flexibility index (Phi) is 2.61. The fraction of sp³-hybridized carbons (Fsp3) is 0.625. The van der Waals surface area contributed by atoms with Crippen molar-refractivity contribution in [3.05, 3.63) is 29.8 Å². The van der Waals surface area contributed by atoms with Crippen LogP contribution >= 0.6 is 0 Å². The lowest BCUT2D eigenvalue weighted by atomic mass is 9.85. The van der Waals surface area contributed by atoms with Gasteiger partial charge in [0.15, 0.2) is 0 Å². The van der Waals surface area contributed by atoms with Crippen LogP contribution in [0.15, 0.2) is 24.3 Å². The first-order valence-electron chi connectivity index (χ1n) is 7.49. The molecule has 1 aromatic rings. The van der Waals surface area contributed by atoms with Gasteiger partial charge in [-0.2, -0.15) is 0 Å². The van der Waals surface area contributed by atoms with Crippen molar-refractivity contribution in [2.24, 2.45) is 0 Å². The van der Waals surface area contributed by atoms with Crippen LogP contribution in [0, 0.1) is 0 Å². The van der Waals surface area contributed by atoms with Crippen molar-refractivity contribution in [1.29, 1.82) is 0 Å². The largest absolute Gasteiger partial charge is 0.490 e. The summed E-state index contributed by atoms with van der Waals surface area (Å²) in [7, 11) is 0. The van der Waals surface area contributed by atoms with Crippen molar-refractivity contribution < 1.29 is 9.84 Å². The first-order valence-corrected chi connectivity index (χ1v) is 7.49. The van der Waals surface area contributed by atoms with E-state index in [0.29, 0.717) is 12.1 Å². The molecule has 0 radical (unpaired) electrons. The second-order valence-corrected chi connectivity index (χ2v) is 6.21. The minimum absolute atomic E-state index is 0.309. The molecule has 3 fully saturated rings. The molecule has 0 aromatic heterocycles. The molecule has 2 heterocycles. The molecule has 3 nitrogen and oxygen atoms in total. The molecular formula is C16H21NO2. The zero-order valence-electron chi connectivity index (χ0n) is 11.2. The zero-order chi connectivity index (χ0) is 12.9. The summed E-state index contributed by atoms with van der Waals surface area (Å²) in [6.45, 7) is 2.17. The molecule has 4 rings (SSSR count). The number of fused-ring (bicyclic) bond motifs is 1. The number of ether oxygens (including phenoxy) is 1. The summed E-state index contributed by atoms with van der Waals surface area (Å²) in [4.78, 5) is 2.44. The van der Waals surface area contributed by atoms with Crippen molar-refractivity contribution in [3.63, 3.8) is 0 Å². The third-order valence-corrected chi connectivity index (χ3v) is 4.86. The van der Waals surface area contributed by atoms with Crippen molar-refractivity contribution in [2.75, 3.05) is 13.1 Å². The van der Waals surface area contributed by atoms with Gasteiger partial charge in [0.2, 0.25) is 0 Å². The van der Waals surface area contributed by atoms with Crippen LogP contribution in [0.3, 0.4) is 0 Å². The van der Waals surface area contributed by atoms with E-state index in [0.717, 1.165) is 37.2 Å². The second kappa shape index (κ2) is 4.22. The number of aliphatic hydroxyl groups is 1. The summed E-state index contributed by atoms with van der Waals surface area (Å²) in [5.74, 6) is 0.921. The molecule has 2 aliphatic heterocycles. The average molecular weight is 259 g/mol. The number of hydrogen-bond donors (Lipinski definition) is 1. The molecule has 1 aliphatic carbocycles. The Morgan fingerprint density at radius 2 is 2.11 bits per heavy atom. The molecule has 2 atom stereocenters. The summed E-state index contributed by atoms with van der Waals surface area (Å²) >= 11 is 0. The lowest BCUT2D eigenvalue weighted by molar-refractivity contribution is 0.00915. The predicted molar refractivity (Wildman–Crippen MR) is 73.2 cm³/mol. The van der Waals surface area contributed by atoms with Crippen LogP contribution in [0.4, 0.5) is 0 Å². The zero-order valence-corrected chi connectivity index (χ0v) is 11.2. The van der Waals surface area contributed by atoms with Crippen LogP contribution in [-0.4, -0.2) is 35.2 Å². The molecule has 1 saturated carbocycles. The van der Waals surface area contributed by atoms with E-state index in [9.17, 15) is 5.11 Å². The standard InChI is InChI=1S/C16H21NO2/c18-16(8-10-17-9-2-5-15(16)17)12-3-1-4-14(11-12)19-13-6-7-13/h1,3-4,11,13,15,18H,2,5-10H2. The number of nitrogens with zero attached hydrogens (tertiary/aromatic N) is 1. The second-order valence-electron chi connectivity index (χ2n) is 6.21. The Morgan fingerprint density at radius 3 is 2.95 bits per heavy atom. The van der Waals surface area contributed by atoms with E-state index in [1.165, 1.54) is 19.3 Å². The third-order valence-electron chi connectivity index (χ3n) is 4.86. The number of benzene rings is 1. The van der Waals surface area contributed by atoms with E-state index < -0.39 is 5.60 Å². The molecule has 0 spiro atoms. The first kappa shape index (κ1) is 11.7. The van der Waals surface area contributed by atoms with Crippen LogP contribution in [-0.2, 0) is 5.60 Å². The van der Waals surface area contributed by atoms with E-state index in [1.54, 1.807) is 0 Å². The smallest absolute Gasteiger partial charge is 0.120 e. The van der Waals surface area contributed by atoms with Crippen LogP contribution in [0.25, 0.3) is 0 Å². The molecular weight excluding hydrogens is 238 g/mol. The molecule has 1 N–H and O–H groups in total. The van der Waals surface area contributed by atoms with Gasteiger partial charge < -0.3 is 9.84 Å². The molecule has 0 amide bonds. The predicted octanol–water partition coefficient (Wildman–Crippen LogP) is 2.28. The molecule has 2 unspecified atom stereocenters. The van der Waals surface area contributed by atoms with Gasteiger partial charge in [-0.1, -0.05) is 12.1 Å². The maximum absolute atomic E-state index is 11.1. The quantitative estimate of drug-likeness (QED) is 0.904. The highest BCUT2D eigenvalue weighted by Crippen LogP contribution is 2.43. The van der Waals surface area contributed by atoms with Crippen molar-refractivity contribution in [3.8, 4) is 5.75 Å². The number of hydrogen-bond acceptors (Lipinski definition) is 3. The van der Waals surface area contributed by atoms with Crippen LogP contribution in [0.2, 0.25) is 0 Å². The summed E-state index contributed by atoms with van der Waals surface area (Å²) in [5, 5.41) is 11.1. The van der Waals surface area contributed by atoms with E-state index in [1.807, 2.05) is 12.1 Å². The van der Waals surface area contributed by atoms with Gasteiger partial charge in [-0.05, 0) is 56.3 Å². The Bertz CT molecular complexity index is 485. The Morgan fingerprint density at radius 1 is 1.21 bits per heavy atom. The van der Waals surface area contributed by atoms with Gasteiger partial charge in [0.25, 0.3) is 0 Å². The van der Waals surface area contributed by atoms with Crippen LogP contribution < -0.4 is 4.74 Å². The third kappa shape index (κ3) is 1.96. The van der Waals surface area contributed by atoms with Crippen molar-refractivity contribution in [2.45, 2.75) is 49.9 Å². The van der Waals surface area contributed by atoms with Gasteiger partial charge in [0.05, 0.1) is 6.10 Å². The highest BCUT2D eigenvalue weighted by atomic mass is 16.5. The Hall–Kier alpha value is -1.06. The molecule has 19 heavy (non-hydrogen) atoms. The van der Waals surface area contributed by atoms with E-state index in [2.05, 4.69) is 17.0 Å². The number of rotatable bonds is 3. The minimum Gasteiger partial charge on any atom is -0.490 e. The van der Waals surface area contributed by atoms with Gasteiger partial charge in [-0.15, -0.1) is 0 Å².